The molecular formula is C19H22N3O2S+. The lowest BCUT2D eigenvalue weighted by Crippen LogP contribution is -3.14. The van der Waals surface area contributed by atoms with Crippen molar-refractivity contribution in [1.82, 2.24) is 5.32 Å². The Hall–Kier alpha value is -2.18. The van der Waals surface area contributed by atoms with Crippen molar-refractivity contribution in [2.45, 2.75) is 25.3 Å². The highest BCUT2D eigenvalue weighted by Crippen LogP contribution is 2.42. The molecule has 2 aromatic rings. The molecule has 4 rings (SSSR count). The van der Waals surface area contributed by atoms with Crippen molar-refractivity contribution in [1.29, 1.82) is 0 Å². The van der Waals surface area contributed by atoms with Crippen LogP contribution in [0.5, 0.6) is 0 Å². The lowest BCUT2D eigenvalue weighted by molar-refractivity contribution is -0.928. The fourth-order valence-electron chi connectivity index (χ4n) is 3.76. The molecule has 2 atom stereocenters. The van der Waals surface area contributed by atoms with E-state index >= 15 is 0 Å². The number of fused-ring (bicyclic) bond motifs is 1. The van der Waals surface area contributed by atoms with Crippen LogP contribution in [0.25, 0.3) is 0 Å². The van der Waals surface area contributed by atoms with Gasteiger partial charge in [-0.2, -0.15) is 0 Å². The van der Waals surface area contributed by atoms with Crippen LogP contribution in [-0.4, -0.2) is 25.0 Å². The Morgan fingerprint density at radius 3 is 2.72 bits per heavy atom. The molecule has 1 aliphatic heterocycles. The standard InChI is InChI=1S/C19H21N3O2S/c23-17(21-19(24)20-14-4-2-1-3-5-14)12-22-10-8-16-15(9-11-25-16)18(22)13-6-7-13/h1-5,9,11,13,18H,6-8,10,12H2,(H2,20,21,23,24)/p+1/t18-/m1/s1. The van der Waals surface area contributed by atoms with E-state index in [1.165, 1.54) is 28.2 Å². The average Bonchev–Trinajstić information content (AvgIpc) is 3.31. The third-order valence-electron chi connectivity index (χ3n) is 4.99. The fourth-order valence-corrected chi connectivity index (χ4v) is 4.69. The minimum absolute atomic E-state index is 0.215. The van der Waals surface area contributed by atoms with E-state index in [1.54, 1.807) is 12.1 Å². The summed E-state index contributed by atoms with van der Waals surface area (Å²) in [6.07, 6.45) is 3.52. The Morgan fingerprint density at radius 2 is 1.96 bits per heavy atom. The summed E-state index contributed by atoms with van der Waals surface area (Å²) in [5.41, 5.74) is 2.10. The second-order valence-corrected chi connectivity index (χ2v) is 7.82. The van der Waals surface area contributed by atoms with Crippen LogP contribution in [0.15, 0.2) is 41.8 Å². The highest BCUT2D eigenvalue weighted by molar-refractivity contribution is 7.10. The molecule has 3 N–H and O–H groups in total. The van der Waals surface area contributed by atoms with Crippen LogP contribution in [0.3, 0.4) is 0 Å². The maximum absolute atomic E-state index is 12.4. The van der Waals surface area contributed by atoms with Gasteiger partial charge in [-0.15, -0.1) is 11.3 Å². The molecule has 2 heterocycles. The number of quaternary nitrogens is 1. The van der Waals surface area contributed by atoms with Gasteiger partial charge in [0.25, 0.3) is 5.91 Å². The van der Waals surface area contributed by atoms with Crippen molar-refractivity contribution in [3.05, 3.63) is 52.2 Å². The van der Waals surface area contributed by atoms with Crippen molar-refractivity contribution in [3.8, 4) is 0 Å². The number of para-hydroxylation sites is 1. The number of rotatable bonds is 4. The van der Waals surface area contributed by atoms with Crippen LogP contribution in [0.2, 0.25) is 0 Å². The lowest BCUT2D eigenvalue weighted by atomic mass is 9.96. The second kappa shape index (κ2) is 6.98. The number of imide groups is 1. The number of amides is 3. The molecule has 130 valence electrons. The first kappa shape index (κ1) is 16.3. The van der Waals surface area contributed by atoms with Crippen LogP contribution in [0.4, 0.5) is 10.5 Å². The Morgan fingerprint density at radius 1 is 1.16 bits per heavy atom. The van der Waals surface area contributed by atoms with Gasteiger partial charge in [0.1, 0.15) is 6.04 Å². The molecular weight excluding hydrogens is 334 g/mol. The Labute approximate surface area is 151 Å². The molecule has 1 aliphatic carbocycles. The average molecular weight is 356 g/mol. The molecule has 0 bridgehead atoms. The summed E-state index contributed by atoms with van der Waals surface area (Å²) in [4.78, 5) is 27.1. The van der Waals surface area contributed by atoms with Crippen LogP contribution >= 0.6 is 11.3 Å². The minimum Gasteiger partial charge on any atom is -0.320 e. The SMILES string of the molecule is O=C(C[NH+]1CCc2sccc2[C@H]1C1CC1)NC(=O)Nc1ccccc1. The molecule has 0 saturated heterocycles. The molecule has 0 radical (unpaired) electrons. The zero-order valence-electron chi connectivity index (χ0n) is 14.0. The van der Waals surface area contributed by atoms with Crippen LogP contribution in [0.1, 0.15) is 29.3 Å². The van der Waals surface area contributed by atoms with Gasteiger partial charge in [0, 0.05) is 28.5 Å². The number of benzene rings is 1. The Kier molecular flexibility index (Phi) is 4.55. The molecule has 1 saturated carbocycles. The summed E-state index contributed by atoms with van der Waals surface area (Å²) in [5.74, 6) is 0.474. The first-order valence-corrected chi connectivity index (χ1v) is 9.65. The Bertz CT molecular complexity index is 770. The zero-order chi connectivity index (χ0) is 17.2. The van der Waals surface area contributed by atoms with Crippen molar-refractivity contribution in [2.75, 3.05) is 18.4 Å². The molecule has 1 aromatic carbocycles. The van der Waals surface area contributed by atoms with Gasteiger partial charge in [-0.25, -0.2) is 4.79 Å². The number of carbonyl (C=O) groups is 2. The largest absolute Gasteiger partial charge is 0.326 e. The molecule has 1 fully saturated rings. The zero-order valence-corrected chi connectivity index (χ0v) is 14.8. The highest BCUT2D eigenvalue weighted by atomic mass is 32.1. The summed E-state index contributed by atoms with van der Waals surface area (Å²) in [6, 6.07) is 11.3. The summed E-state index contributed by atoms with van der Waals surface area (Å²) in [6.45, 7) is 1.31. The van der Waals surface area contributed by atoms with E-state index < -0.39 is 6.03 Å². The van der Waals surface area contributed by atoms with E-state index in [4.69, 9.17) is 0 Å². The van der Waals surface area contributed by atoms with E-state index in [1.807, 2.05) is 29.5 Å². The quantitative estimate of drug-likeness (QED) is 0.785. The van der Waals surface area contributed by atoms with Gasteiger partial charge >= 0.3 is 6.03 Å². The maximum Gasteiger partial charge on any atom is 0.326 e. The lowest BCUT2D eigenvalue weighted by Gasteiger charge is -2.32. The van der Waals surface area contributed by atoms with Crippen molar-refractivity contribution in [3.63, 3.8) is 0 Å². The normalized spacial score (nSPS) is 22.1. The molecule has 6 heteroatoms. The molecule has 25 heavy (non-hydrogen) atoms. The number of carbonyl (C=O) groups excluding carboxylic acids is 2. The molecule has 2 aliphatic rings. The monoisotopic (exact) mass is 356 g/mol. The van der Waals surface area contributed by atoms with Crippen LogP contribution in [-0.2, 0) is 11.2 Å². The van der Waals surface area contributed by atoms with Crippen molar-refractivity contribution in [2.24, 2.45) is 5.92 Å². The van der Waals surface area contributed by atoms with Gasteiger partial charge in [0.15, 0.2) is 6.54 Å². The molecule has 5 nitrogen and oxygen atoms in total. The van der Waals surface area contributed by atoms with E-state index in [0.29, 0.717) is 24.2 Å². The summed E-state index contributed by atoms with van der Waals surface area (Å²) >= 11 is 1.83. The van der Waals surface area contributed by atoms with Crippen LogP contribution in [0, 0.1) is 5.92 Å². The summed E-state index contributed by atoms with van der Waals surface area (Å²) < 4.78 is 0. The van der Waals surface area contributed by atoms with E-state index in [2.05, 4.69) is 22.1 Å². The molecule has 0 spiro atoms. The highest BCUT2D eigenvalue weighted by Gasteiger charge is 2.43. The third-order valence-corrected chi connectivity index (χ3v) is 5.99. The topological polar surface area (TPSA) is 62.6 Å². The van der Waals surface area contributed by atoms with E-state index in [9.17, 15) is 9.59 Å². The Balaban J connectivity index is 1.36. The van der Waals surface area contributed by atoms with Gasteiger partial charge in [0.2, 0.25) is 0 Å². The minimum atomic E-state index is -0.466. The number of urea groups is 1. The van der Waals surface area contributed by atoms with Gasteiger partial charge in [0.05, 0.1) is 6.54 Å². The summed E-state index contributed by atoms with van der Waals surface area (Å²) in [7, 11) is 0. The fraction of sp³-hybridized carbons (Fsp3) is 0.368. The predicted molar refractivity (Wildman–Crippen MR) is 97.8 cm³/mol. The molecule has 1 unspecified atom stereocenters. The van der Waals surface area contributed by atoms with E-state index in [0.717, 1.165) is 13.0 Å². The number of thiophene rings is 1. The number of nitrogens with one attached hydrogen (secondary N) is 3. The summed E-state index contributed by atoms with van der Waals surface area (Å²) in [5, 5.41) is 7.32. The van der Waals surface area contributed by atoms with Gasteiger partial charge < -0.3 is 10.2 Å². The third kappa shape index (κ3) is 3.75. The molecule has 3 amide bonds. The van der Waals surface area contributed by atoms with Gasteiger partial charge in [-0.05, 0) is 36.4 Å². The predicted octanol–water partition coefficient (Wildman–Crippen LogP) is 1.99. The van der Waals surface area contributed by atoms with Gasteiger partial charge in [-0.1, -0.05) is 18.2 Å². The molecule has 1 aromatic heterocycles. The van der Waals surface area contributed by atoms with Crippen LogP contribution < -0.4 is 15.5 Å². The second-order valence-electron chi connectivity index (χ2n) is 6.82. The van der Waals surface area contributed by atoms with Crippen molar-refractivity contribution < 1.29 is 14.5 Å². The first-order valence-electron chi connectivity index (χ1n) is 8.77. The first-order chi connectivity index (χ1) is 12.2. The number of hydrogen-bond acceptors (Lipinski definition) is 3. The van der Waals surface area contributed by atoms with Gasteiger partial charge in [-0.3, -0.25) is 10.1 Å². The van der Waals surface area contributed by atoms with E-state index in [-0.39, 0.29) is 5.91 Å². The number of anilines is 1. The maximum atomic E-state index is 12.4. The van der Waals surface area contributed by atoms with Crippen molar-refractivity contribution >= 4 is 29.0 Å². The number of hydrogen-bond donors (Lipinski definition) is 3. The smallest absolute Gasteiger partial charge is 0.320 e.